The monoisotopic (exact) mass is 199 g/mol. The van der Waals surface area contributed by atoms with Gasteiger partial charge in [-0.15, -0.1) is 0 Å². The zero-order chi connectivity index (χ0) is 11.2. The summed E-state index contributed by atoms with van der Waals surface area (Å²) in [6, 6.07) is 0. The summed E-state index contributed by atoms with van der Waals surface area (Å²) in [5, 5.41) is 2.85. The van der Waals surface area contributed by atoms with Crippen molar-refractivity contribution in [2.75, 3.05) is 33.2 Å². The Kier molecular flexibility index (Phi) is 5.46. The highest BCUT2D eigenvalue weighted by molar-refractivity contribution is 5.91. The molecule has 0 aromatic carbocycles. The number of likely N-dealkylation sites (N-methyl/N-ethyl adjacent to an activating group) is 1. The van der Waals surface area contributed by atoms with E-state index < -0.39 is 0 Å². The normalized spacial score (nSPS) is 11.1. The highest BCUT2D eigenvalue weighted by Gasteiger charge is 2.15. The van der Waals surface area contributed by atoms with Crippen molar-refractivity contribution in [2.24, 2.45) is 0 Å². The van der Waals surface area contributed by atoms with Crippen LogP contribution in [0.15, 0.2) is 12.2 Å². The van der Waals surface area contributed by atoms with Gasteiger partial charge in [-0.3, -0.25) is 4.79 Å². The van der Waals surface area contributed by atoms with Crippen LogP contribution in [0.1, 0.15) is 20.8 Å². The van der Waals surface area contributed by atoms with E-state index in [1.54, 1.807) is 6.92 Å². The molecule has 0 aliphatic carbocycles. The van der Waals surface area contributed by atoms with Gasteiger partial charge in [-0.05, 0) is 20.8 Å². The van der Waals surface area contributed by atoms with Crippen LogP contribution in [0.2, 0.25) is 0 Å². The number of carbonyl (C=O) groups is 1. The zero-order valence-electron chi connectivity index (χ0n) is 9.89. The molecule has 0 fully saturated rings. The first kappa shape index (κ1) is 13.2. The molecule has 0 aromatic heterocycles. The molecule has 0 atom stereocenters. The Morgan fingerprint density at radius 2 is 1.86 bits per heavy atom. The van der Waals surface area contributed by atoms with Crippen molar-refractivity contribution in [1.82, 2.24) is 5.32 Å². The van der Waals surface area contributed by atoms with Gasteiger partial charge < -0.3 is 9.80 Å². The van der Waals surface area contributed by atoms with Gasteiger partial charge in [-0.2, -0.15) is 0 Å². The summed E-state index contributed by atoms with van der Waals surface area (Å²) in [6.45, 7) is 13.6. The van der Waals surface area contributed by atoms with E-state index in [4.69, 9.17) is 0 Å². The molecule has 0 saturated carbocycles. The van der Waals surface area contributed by atoms with Crippen LogP contribution in [0.3, 0.4) is 0 Å². The van der Waals surface area contributed by atoms with Crippen LogP contribution in [0.5, 0.6) is 0 Å². The number of carbonyl (C=O) groups excluding carboxylic acids is 1. The number of amides is 1. The number of rotatable bonds is 6. The van der Waals surface area contributed by atoms with Crippen LogP contribution >= 0.6 is 0 Å². The third-order valence-electron chi connectivity index (χ3n) is 2.85. The molecular weight excluding hydrogens is 176 g/mol. The first-order chi connectivity index (χ1) is 6.45. The third-order valence-corrected chi connectivity index (χ3v) is 2.85. The summed E-state index contributed by atoms with van der Waals surface area (Å²) in [7, 11) is 2.20. The molecule has 0 spiro atoms. The molecule has 0 saturated heterocycles. The predicted octanol–water partition coefficient (Wildman–Crippen LogP) is 1.17. The van der Waals surface area contributed by atoms with Crippen LogP contribution in [0.25, 0.3) is 0 Å². The van der Waals surface area contributed by atoms with Gasteiger partial charge in [0.05, 0.1) is 33.2 Å². The maximum absolute atomic E-state index is 11.2. The van der Waals surface area contributed by atoms with Gasteiger partial charge in [0.1, 0.15) is 0 Å². The van der Waals surface area contributed by atoms with Crippen molar-refractivity contribution in [3.05, 3.63) is 12.2 Å². The van der Waals surface area contributed by atoms with Crippen LogP contribution in [0.4, 0.5) is 0 Å². The van der Waals surface area contributed by atoms with Gasteiger partial charge in [0.2, 0.25) is 5.91 Å². The molecule has 0 aliphatic heterocycles. The van der Waals surface area contributed by atoms with Crippen molar-refractivity contribution < 1.29 is 9.28 Å². The molecule has 1 N–H and O–H groups in total. The lowest BCUT2D eigenvalue weighted by molar-refractivity contribution is -0.904. The molecule has 0 heterocycles. The average molecular weight is 199 g/mol. The fourth-order valence-electron chi connectivity index (χ4n) is 1.13. The number of nitrogens with one attached hydrogen (secondary N) is 1. The SMILES string of the molecule is C=C(C)C(=O)NCC[N+](C)(CC)CC. The van der Waals surface area contributed by atoms with Crippen LogP contribution in [-0.2, 0) is 4.79 Å². The number of nitrogens with zero attached hydrogens (tertiary/aromatic N) is 1. The minimum Gasteiger partial charge on any atom is -0.347 e. The third kappa shape index (κ3) is 4.42. The van der Waals surface area contributed by atoms with Crippen molar-refractivity contribution in [3.63, 3.8) is 0 Å². The van der Waals surface area contributed by atoms with Gasteiger partial charge in [0, 0.05) is 5.57 Å². The van der Waals surface area contributed by atoms with Crippen LogP contribution in [0, 0.1) is 0 Å². The molecule has 0 aromatic rings. The lowest BCUT2D eigenvalue weighted by atomic mass is 10.3. The maximum atomic E-state index is 11.2. The summed E-state index contributed by atoms with van der Waals surface area (Å²) in [6.07, 6.45) is 0. The zero-order valence-corrected chi connectivity index (χ0v) is 9.89. The molecule has 14 heavy (non-hydrogen) atoms. The molecular formula is C11H23N2O+. The number of hydrogen-bond donors (Lipinski definition) is 1. The lowest BCUT2D eigenvalue weighted by Gasteiger charge is -2.32. The quantitative estimate of drug-likeness (QED) is 0.505. The summed E-state index contributed by atoms with van der Waals surface area (Å²) in [4.78, 5) is 11.2. The highest BCUT2D eigenvalue weighted by Crippen LogP contribution is 1.99. The lowest BCUT2D eigenvalue weighted by Crippen LogP contribution is -2.48. The first-order valence-corrected chi connectivity index (χ1v) is 5.22. The topological polar surface area (TPSA) is 29.1 Å². The predicted molar refractivity (Wildman–Crippen MR) is 60.0 cm³/mol. The molecule has 0 rings (SSSR count). The van der Waals surface area contributed by atoms with E-state index in [1.807, 2.05) is 0 Å². The fourth-order valence-corrected chi connectivity index (χ4v) is 1.13. The van der Waals surface area contributed by atoms with E-state index in [9.17, 15) is 4.79 Å². The van der Waals surface area contributed by atoms with E-state index in [0.717, 1.165) is 30.7 Å². The van der Waals surface area contributed by atoms with Gasteiger partial charge >= 0.3 is 0 Å². The second-order valence-corrected chi connectivity index (χ2v) is 4.01. The van der Waals surface area contributed by atoms with Gasteiger partial charge in [0.15, 0.2) is 0 Å². The highest BCUT2D eigenvalue weighted by atomic mass is 16.1. The van der Waals surface area contributed by atoms with Crippen LogP contribution in [-0.4, -0.2) is 43.6 Å². The summed E-state index contributed by atoms with van der Waals surface area (Å²) in [5.41, 5.74) is 0.576. The summed E-state index contributed by atoms with van der Waals surface area (Å²) in [5.74, 6) is -0.0382. The van der Waals surface area contributed by atoms with Gasteiger partial charge in [-0.25, -0.2) is 0 Å². The van der Waals surface area contributed by atoms with Crippen molar-refractivity contribution in [1.29, 1.82) is 0 Å². The Morgan fingerprint density at radius 3 is 2.21 bits per heavy atom. The summed E-state index contributed by atoms with van der Waals surface area (Å²) < 4.78 is 0.996. The van der Waals surface area contributed by atoms with Crippen molar-refractivity contribution >= 4 is 5.91 Å². The fraction of sp³-hybridized carbons (Fsp3) is 0.727. The van der Waals surface area contributed by atoms with Gasteiger partial charge in [-0.1, -0.05) is 6.58 Å². The second kappa shape index (κ2) is 5.81. The molecule has 0 radical (unpaired) electrons. The Hall–Kier alpha value is -0.830. The minimum atomic E-state index is -0.0382. The summed E-state index contributed by atoms with van der Waals surface area (Å²) >= 11 is 0. The first-order valence-electron chi connectivity index (χ1n) is 5.22. The minimum absolute atomic E-state index is 0.0382. The molecule has 1 amide bonds. The number of quaternary nitrogens is 1. The van der Waals surface area contributed by atoms with E-state index in [0.29, 0.717) is 5.57 Å². The smallest absolute Gasteiger partial charge is 0.246 e. The Balaban J connectivity index is 3.83. The van der Waals surface area contributed by atoms with E-state index in [2.05, 4.69) is 32.8 Å². The number of hydrogen-bond acceptors (Lipinski definition) is 1. The van der Waals surface area contributed by atoms with E-state index in [-0.39, 0.29) is 5.91 Å². The van der Waals surface area contributed by atoms with E-state index >= 15 is 0 Å². The Labute approximate surface area is 87.4 Å². The largest absolute Gasteiger partial charge is 0.347 e. The average Bonchev–Trinajstić information content (AvgIpc) is 2.17. The molecule has 0 bridgehead atoms. The molecule has 3 nitrogen and oxygen atoms in total. The molecule has 0 aliphatic rings. The van der Waals surface area contributed by atoms with Crippen molar-refractivity contribution in [3.8, 4) is 0 Å². The molecule has 3 heteroatoms. The Morgan fingerprint density at radius 1 is 1.36 bits per heavy atom. The van der Waals surface area contributed by atoms with E-state index in [1.165, 1.54) is 0 Å². The van der Waals surface area contributed by atoms with Crippen molar-refractivity contribution in [2.45, 2.75) is 20.8 Å². The molecule has 82 valence electrons. The second-order valence-electron chi connectivity index (χ2n) is 4.01. The Bertz CT molecular complexity index is 207. The van der Waals surface area contributed by atoms with Gasteiger partial charge in [0.25, 0.3) is 0 Å². The molecule has 0 unspecified atom stereocenters. The standard InChI is InChI=1S/C11H22N2O/c1-6-13(5,7-2)9-8-12-11(14)10(3)4/h3,6-9H2,1-2,4-5H3/p+1. The maximum Gasteiger partial charge on any atom is 0.246 e. The van der Waals surface area contributed by atoms with Crippen LogP contribution < -0.4 is 5.32 Å².